The first-order chi connectivity index (χ1) is 19.8. The first kappa shape index (κ1) is 27.1. The summed E-state index contributed by atoms with van der Waals surface area (Å²) in [5.41, 5.74) is 7.90. The van der Waals surface area contributed by atoms with Gasteiger partial charge in [-0.05, 0) is 57.5 Å². The largest absolute Gasteiger partial charge is 0.379 e. The minimum Gasteiger partial charge on any atom is -0.379 e. The summed E-state index contributed by atoms with van der Waals surface area (Å²) in [7, 11) is -2.89. The van der Waals surface area contributed by atoms with Crippen molar-refractivity contribution in [3.8, 4) is 5.69 Å². The molecule has 4 aromatic rings. The highest BCUT2D eigenvalue weighted by molar-refractivity contribution is 7.73. The van der Waals surface area contributed by atoms with Crippen LogP contribution in [0.15, 0.2) is 82.6 Å². The second-order valence-corrected chi connectivity index (χ2v) is 13.2. The number of anilines is 1. The molecule has 10 heteroatoms. The third kappa shape index (κ3) is 4.60. The Hall–Kier alpha value is -4.04. The standard InChI is InChI=1S/C31H33N6O3P/c1-22-10-13-26(14-11-22)35-24(3)29-21-32-36(27-8-6-5-7-9-27)41(31(29)25(35)4,34-16-18-40-19-17-34)33-30-20-28(37(38)39)15-12-23(30)2/h5-15,20-21H,16-19H2,1-4H3/t41-/m1/s1. The van der Waals surface area contributed by atoms with E-state index >= 15 is 0 Å². The molecule has 0 N–H and O–H groups in total. The van der Waals surface area contributed by atoms with Gasteiger partial charge in [0.1, 0.15) is 0 Å². The average molecular weight is 569 g/mol. The monoisotopic (exact) mass is 568 g/mol. The van der Waals surface area contributed by atoms with E-state index in [1.165, 1.54) is 11.6 Å². The predicted octanol–water partition coefficient (Wildman–Crippen LogP) is 6.79. The number of nitro groups is 1. The Balaban J connectivity index is 1.73. The highest BCUT2D eigenvalue weighted by Crippen LogP contribution is 2.62. The lowest BCUT2D eigenvalue weighted by atomic mass is 10.2. The van der Waals surface area contributed by atoms with Crippen molar-refractivity contribution < 1.29 is 9.66 Å². The summed E-state index contributed by atoms with van der Waals surface area (Å²) in [6.45, 7) is 10.8. The molecule has 0 amide bonds. The minimum absolute atomic E-state index is 0.0200. The van der Waals surface area contributed by atoms with Crippen molar-refractivity contribution in [1.82, 2.24) is 9.24 Å². The van der Waals surface area contributed by atoms with Crippen LogP contribution in [0.4, 0.5) is 17.1 Å². The summed E-state index contributed by atoms with van der Waals surface area (Å²) in [6, 6.07) is 23.5. The van der Waals surface area contributed by atoms with Gasteiger partial charge >= 0.3 is 0 Å². The first-order valence-corrected chi connectivity index (χ1v) is 15.4. The van der Waals surface area contributed by atoms with Gasteiger partial charge in [-0.15, -0.1) is 0 Å². The topological polar surface area (TPSA) is 88.5 Å². The summed E-state index contributed by atoms with van der Waals surface area (Å²) in [5, 5.41) is 18.0. The van der Waals surface area contributed by atoms with E-state index in [2.05, 4.69) is 59.1 Å². The lowest BCUT2D eigenvalue weighted by molar-refractivity contribution is -0.384. The number of hydrogen-bond acceptors (Lipinski definition) is 5. The van der Waals surface area contributed by atoms with Crippen molar-refractivity contribution in [3.05, 3.63) is 111 Å². The molecule has 2 aliphatic heterocycles. The number of rotatable bonds is 5. The van der Waals surface area contributed by atoms with E-state index in [1.807, 2.05) is 43.5 Å². The van der Waals surface area contributed by atoms with Crippen LogP contribution >= 0.6 is 7.36 Å². The number of para-hydroxylation sites is 1. The number of benzene rings is 3. The highest BCUT2D eigenvalue weighted by Gasteiger charge is 2.45. The van der Waals surface area contributed by atoms with Gasteiger partial charge in [0.25, 0.3) is 5.69 Å². The summed E-state index contributed by atoms with van der Waals surface area (Å²) in [6.07, 6.45) is 1.95. The molecule has 0 spiro atoms. The summed E-state index contributed by atoms with van der Waals surface area (Å²) in [5.74, 6) is 0. The number of morpholine rings is 1. The van der Waals surface area contributed by atoms with Crippen LogP contribution in [0, 0.1) is 37.8 Å². The number of nitro benzene ring substituents is 1. The maximum absolute atomic E-state index is 11.8. The lowest BCUT2D eigenvalue weighted by Gasteiger charge is -2.45. The van der Waals surface area contributed by atoms with Crippen molar-refractivity contribution in [1.29, 1.82) is 0 Å². The van der Waals surface area contributed by atoms with E-state index in [1.54, 1.807) is 12.1 Å². The Bertz CT molecular complexity index is 1710. The molecule has 1 saturated heterocycles. The maximum atomic E-state index is 11.8. The van der Waals surface area contributed by atoms with E-state index in [-0.39, 0.29) is 10.6 Å². The average Bonchev–Trinajstić information content (AvgIpc) is 3.25. The number of hydrogen-bond donors (Lipinski definition) is 0. The molecule has 0 saturated carbocycles. The molecule has 41 heavy (non-hydrogen) atoms. The van der Waals surface area contributed by atoms with Crippen LogP contribution in [-0.2, 0) is 4.74 Å². The van der Waals surface area contributed by atoms with Gasteiger partial charge in [0.15, 0.2) is 7.36 Å². The van der Waals surface area contributed by atoms with E-state index in [0.29, 0.717) is 32.0 Å². The number of hydrazone groups is 1. The molecule has 0 radical (unpaired) electrons. The molecule has 3 heterocycles. The van der Waals surface area contributed by atoms with E-state index in [0.717, 1.165) is 39.2 Å². The van der Waals surface area contributed by atoms with Crippen LogP contribution in [0.5, 0.6) is 0 Å². The van der Waals surface area contributed by atoms with Crippen LogP contribution < -0.4 is 10.1 Å². The zero-order valence-electron chi connectivity index (χ0n) is 23.7. The van der Waals surface area contributed by atoms with Gasteiger partial charge < -0.3 is 9.30 Å². The molecule has 0 unspecified atom stereocenters. The molecule has 3 aromatic carbocycles. The Morgan fingerprint density at radius 3 is 2.29 bits per heavy atom. The summed E-state index contributed by atoms with van der Waals surface area (Å²) >= 11 is 0. The predicted molar refractivity (Wildman–Crippen MR) is 165 cm³/mol. The van der Waals surface area contributed by atoms with Gasteiger partial charge in [-0.3, -0.25) is 10.1 Å². The number of non-ortho nitro benzene ring substituents is 1. The third-order valence-electron chi connectivity index (χ3n) is 7.83. The van der Waals surface area contributed by atoms with Gasteiger partial charge in [-0.1, -0.05) is 42.0 Å². The normalized spacial score (nSPS) is 18.8. The number of fused-ring (bicyclic) bond motifs is 1. The van der Waals surface area contributed by atoms with Gasteiger partial charge in [0.05, 0.1) is 41.0 Å². The Morgan fingerprint density at radius 2 is 1.61 bits per heavy atom. The fourth-order valence-corrected chi connectivity index (χ4v) is 9.73. The fourth-order valence-electron chi connectivity index (χ4n) is 5.75. The zero-order valence-corrected chi connectivity index (χ0v) is 24.6. The van der Waals surface area contributed by atoms with Gasteiger partial charge in [0, 0.05) is 47.9 Å². The van der Waals surface area contributed by atoms with E-state index in [9.17, 15) is 10.1 Å². The van der Waals surface area contributed by atoms with Crippen molar-refractivity contribution >= 4 is 35.9 Å². The smallest absolute Gasteiger partial charge is 0.271 e. The Morgan fingerprint density at radius 1 is 0.902 bits per heavy atom. The molecule has 0 aliphatic carbocycles. The quantitative estimate of drug-likeness (QED) is 0.150. The van der Waals surface area contributed by atoms with Crippen LogP contribution in [0.3, 0.4) is 0 Å². The van der Waals surface area contributed by atoms with Crippen molar-refractivity contribution in [2.45, 2.75) is 27.7 Å². The number of aryl methyl sites for hydroxylation is 2. The Labute approximate surface area is 240 Å². The van der Waals surface area contributed by atoms with Gasteiger partial charge in [-0.2, -0.15) is 5.10 Å². The maximum Gasteiger partial charge on any atom is 0.271 e. The molecule has 0 bridgehead atoms. The molecule has 210 valence electrons. The second kappa shape index (κ2) is 10.7. The third-order valence-corrected chi connectivity index (χ3v) is 11.5. The highest BCUT2D eigenvalue weighted by atomic mass is 31.2. The molecule has 2 aliphatic rings. The summed E-state index contributed by atoms with van der Waals surface area (Å²) < 4.78 is 18.2. The minimum atomic E-state index is -2.89. The zero-order chi connectivity index (χ0) is 28.7. The first-order valence-electron chi connectivity index (χ1n) is 13.7. The van der Waals surface area contributed by atoms with Crippen molar-refractivity contribution in [3.63, 3.8) is 0 Å². The van der Waals surface area contributed by atoms with Crippen LogP contribution in [0.1, 0.15) is 28.1 Å². The van der Waals surface area contributed by atoms with Crippen molar-refractivity contribution in [2.75, 3.05) is 31.1 Å². The van der Waals surface area contributed by atoms with E-state index < -0.39 is 7.36 Å². The number of ether oxygens (including phenoxy) is 1. The summed E-state index contributed by atoms with van der Waals surface area (Å²) in [4.78, 5) is 11.5. The van der Waals surface area contributed by atoms with Crippen LogP contribution in [-0.4, -0.2) is 46.7 Å². The number of nitrogens with zero attached hydrogens (tertiary/aromatic N) is 6. The van der Waals surface area contributed by atoms with Crippen molar-refractivity contribution in [2.24, 2.45) is 9.85 Å². The van der Waals surface area contributed by atoms with Crippen LogP contribution in [0.2, 0.25) is 0 Å². The lowest BCUT2D eigenvalue weighted by Crippen LogP contribution is -2.44. The second-order valence-electron chi connectivity index (χ2n) is 10.4. The molecule has 6 rings (SSSR count). The molecule has 9 nitrogen and oxygen atoms in total. The van der Waals surface area contributed by atoms with Gasteiger partial charge in [-0.25, -0.2) is 14.2 Å². The van der Waals surface area contributed by atoms with Gasteiger partial charge in [0.2, 0.25) is 0 Å². The van der Waals surface area contributed by atoms with E-state index in [4.69, 9.17) is 14.6 Å². The SMILES string of the molecule is Cc1ccc(-n2c(C)c3c(c2C)[P@@](=Nc2cc([N+](=O)[O-])ccc2C)(N2CCOCC2)N(c2ccccc2)N=C3)cc1. The molecular weight excluding hydrogens is 535 g/mol. The molecular formula is C31H33N6O3P. The van der Waals surface area contributed by atoms with Crippen LogP contribution in [0.25, 0.3) is 5.69 Å². The molecule has 1 fully saturated rings. The Kier molecular flexibility index (Phi) is 7.11. The fraction of sp³-hybridized carbons (Fsp3) is 0.258. The number of aromatic nitrogens is 1. The molecule has 1 atom stereocenters. The molecule has 1 aromatic heterocycles.